The van der Waals surface area contributed by atoms with E-state index in [1.165, 1.54) is 11.7 Å². The SMILES string of the molecule is CCCCOc1nc(N)c2[nH]c(=O)n(Cc3ccc(OCCCN(CCN(C)C)[I-]C(O)OC)cc3)c2n1. The normalized spacial score (nSPS) is 12.6. The summed E-state index contributed by atoms with van der Waals surface area (Å²) in [7, 11) is 5.60. The van der Waals surface area contributed by atoms with Crippen molar-refractivity contribution in [2.75, 3.05) is 59.8 Å². The molecule has 2 aromatic heterocycles. The molecular weight excluding hydrogens is 605 g/mol. The van der Waals surface area contributed by atoms with E-state index < -0.39 is 25.8 Å². The number of rotatable bonds is 17. The number of likely N-dealkylation sites (N-methyl/N-ethyl adjacent to an activating group) is 1. The number of methoxy groups -OCH3 is 1. The zero-order valence-electron chi connectivity index (χ0n) is 22.5. The van der Waals surface area contributed by atoms with Crippen molar-refractivity contribution in [1.82, 2.24) is 27.5 Å². The Morgan fingerprint density at radius 3 is 2.53 bits per heavy atom. The monoisotopic (exact) mass is 644 g/mol. The first-order valence-electron chi connectivity index (χ1n) is 12.7. The predicted molar refractivity (Wildman–Crippen MR) is 142 cm³/mol. The van der Waals surface area contributed by atoms with E-state index in [9.17, 15) is 9.90 Å². The van der Waals surface area contributed by atoms with E-state index in [-0.39, 0.29) is 17.5 Å². The number of aliphatic hydroxyl groups is 1. The van der Waals surface area contributed by atoms with Gasteiger partial charge in [-0.2, -0.15) is 9.97 Å². The number of aliphatic hydroxyl groups excluding tert-OH is 1. The number of hydrogen-bond acceptors (Lipinski definition) is 10. The van der Waals surface area contributed by atoms with Gasteiger partial charge in [-0.1, -0.05) is 13.3 Å². The Kier molecular flexibility index (Phi) is 12.0. The van der Waals surface area contributed by atoms with Crippen LogP contribution in [0.25, 0.3) is 11.2 Å². The third-order valence-electron chi connectivity index (χ3n) is 5.64. The number of H-pyrrole nitrogens is 1. The molecule has 1 unspecified atom stereocenters. The van der Waals surface area contributed by atoms with E-state index in [0.29, 0.717) is 30.9 Å². The number of nitrogens with two attached hydrogens (primary N) is 1. The predicted octanol–water partition coefficient (Wildman–Crippen LogP) is -1.51. The summed E-state index contributed by atoms with van der Waals surface area (Å²) in [6.45, 7) is 6.07. The molecule has 0 amide bonds. The van der Waals surface area contributed by atoms with Crippen molar-refractivity contribution in [1.29, 1.82) is 0 Å². The van der Waals surface area contributed by atoms with Gasteiger partial charge < -0.3 is 15.5 Å². The second-order valence-electron chi connectivity index (χ2n) is 8.99. The number of ether oxygens (including phenoxy) is 3. The minimum Gasteiger partial charge on any atom is -0.175 e. The maximum atomic E-state index is 12.6. The van der Waals surface area contributed by atoms with Crippen LogP contribution in [-0.2, 0) is 11.3 Å². The van der Waals surface area contributed by atoms with Crippen molar-refractivity contribution in [3.05, 3.63) is 40.3 Å². The first kappa shape index (κ1) is 30.1. The van der Waals surface area contributed by atoms with E-state index in [2.05, 4.69) is 29.9 Å². The number of nitrogens with one attached hydrogen (secondary N) is 1. The summed E-state index contributed by atoms with van der Waals surface area (Å²) >= 11 is -0.630. The van der Waals surface area contributed by atoms with Crippen LogP contribution in [0.3, 0.4) is 0 Å². The van der Waals surface area contributed by atoms with Gasteiger partial charge in [-0.25, -0.2) is 4.79 Å². The van der Waals surface area contributed by atoms with Gasteiger partial charge in [0.25, 0.3) is 0 Å². The van der Waals surface area contributed by atoms with Crippen LogP contribution in [-0.4, -0.2) is 91.0 Å². The third kappa shape index (κ3) is 9.08. The van der Waals surface area contributed by atoms with Crippen LogP contribution < -0.4 is 42.4 Å². The molecule has 212 valence electrons. The summed E-state index contributed by atoms with van der Waals surface area (Å²) in [4.78, 5) is 26.1. The number of fused-ring (bicyclic) bond motifs is 1. The minimum atomic E-state index is -0.697. The van der Waals surface area contributed by atoms with Gasteiger partial charge in [0, 0.05) is 0 Å². The zero-order chi connectivity index (χ0) is 27.5. The summed E-state index contributed by atoms with van der Waals surface area (Å²) in [6.07, 6.45) is 2.70. The molecule has 0 saturated carbocycles. The Bertz CT molecular complexity index is 1190. The van der Waals surface area contributed by atoms with Crippen molar-refractivity contribution in [3.8, 4) is 11.8 Å². The number of benzene rings is 1. The minimum absolute atomic E-state index is 0.166. The van der Waals surface area contributed by atoms with Gasteiger partial charge in [0.15, 0.2) is 5.82 Å². The van der Waals surface area contributed by atoms with Crippen molar-refractivity contribution >= 4 is 17.0 Å². The summed E-state index contributed by atoms with van der Waals surface area (Å²) < 4.78 is 19.7. The zero-order valence-corrected chi connectivity index (χ0v) is 24.7. The number of aromatic nitrogens is 4. The number of aromatic amines is 1. The fourth-order valence-corrected chi connectivity index (χ4v) is 5.54. The van der Waals surface area contributed by atoms with Gasteiger partial charge >= 0.3 is 166 Å². The Hall–Kier alpha value is -2.46. The molecule has 1 atom stereocenters. The molecule has 0 spiro atoms. The maximum absolute atomic E-state index is 12.6. The number of nitrogen functional groups attached to an aromatic ring is 1. The number of halogens is 1. The van der Waals surface area contributed by atoms with Gasteiger partial charge in [-0.05, 0) is 6.42 Å². The van der Waals surface area contributed by atoms with Crippen molar-refractivity contribution in [2.45, 2.75) is 37.0 Å². The topological polar surface area (TPSA) is 144 Å². The van der Waals surface area contributed by atoms with Gasteiger partial charge in [0.2, 0.25) is 0 Å². The smallest absolute Gasteiger partial charge is 0.175 e. The number of nitrogens with zero attached hydrogens (tertiary/aromatic N) is 5. The van der Waals surface area contributed by atoms with E-state index in [1.54, 1.807) is 0 Å². The number of hydrogen-bond donors (Lipinski definition) is 3. The van der Waals surface area contributed by atoms with Crippen LogP contribution in [0.5, 0.6) is 11.8 Å². The molecule has 0 aliphatic heterocycles. The molecule has 1 aromatic carbocycles. The third-order valence-corrected chi connectivity index (χ3v) is 8.38. The molecule has 2 heterocycles. The Morgan fingerprint density at radius 1 is 1.11 bits per heavy atom. The first-order chi connectivity index (χ1) is 18.3. The molecule has 0 radical (unpaired) electrons. The van der Waals surface area contributed by atoms with Crippen LogP contribution in [0.2, 0.25) is 0 Å². The second-order valence-corrected chi connectivity index (χ2v) is 12.0. The molecule has 0 saturated heterocycles. The van der Waals surface area contributed by atoms with Gasteiger partial charge in [-0.15, -0.1) is 0 Å². The van der Waals surface area contributed by atoms with Gasteiger partial charge in [-0.3, -0.25) is 0 Å². The van der Waals surface area contributed by atoms with Gasteiger partial charge in [0.1, 0.15) is 5.52 Å². The van der Waals surface area contributed by atoms with Crippen molar-refractivity contribution < 1.29 is 40.8 Å². The molecule has 0 aliphatic carbocycles. The summed E-state index contributed by atoms with van der Waals surface area (Å²) in [5.41, 5.74) is 7.46. The van der Waals surface area contributed by atoms with Crippen molar-refractivity contribution in [2.24, 2.45) is 0 Å². The van der Waals surface area contributed by atoms with Crippen LogP contribution >= 0.6 is 0 Å². The molecule has 3 aromatic rings. The molecule has 0 fully saturated rings. The number of anilines is 1. The number of imidazole rings is 1. The quantitative estimate of drug-likeness (QED) is 0.0522. The fraction of sp³-hybridized carbons (Fsp3) is 0.560. The molecule has 0 bridgehead atoms. The Balaban J connectivity index is 1.57. The number of alkyl halides is 1. The molecule has 12 nitrogen and oxygen atoms in total. The van der Waals surface area contributed by atoms with E-state index in [0.717, 1.165) is 50.2 Å². The molecule has 38 heavy (non-hydrogen) atoms. The van der Waals surface area contributed by atoms with Crippen LogP contribution in [0.4, 0.5) is 5.82 Å². The van der Waals surface area contributed by atoms with E-state index >= 15 is 0 Å². The summed E-state index contributed by atoms with van der Waals surface area (Å²) in [5.74, 6) is 0.935. The summed E-state index contributed by atoms with van der Waals surface area (Å²) in [6, 6.07) is 7.80. The van der Waals surface area contributed by atoms with Crippen LogP contribution in [0.1, 0.15) is 31.7 Å². The second kappa shape index (κ2) is 15.2. The van der Waals surface area contributed by atoms with Gasteiger partial charge in [0.05, 0.1) is 6.61 Å². The average molecular weight is 645 g/mol. The average Bonchev–Trinajstić information content (AvgIpc) is 3.21. The molecule has 3 rings (SSSR count). The molecule has 13 heteroatoms. The molecular formula is C25H39IN7O5-. The van der Waals surface area contributed by atoms with E-state index in [1.807, 2.05) is 38.4 Å². The molecule has 4 N–H and O–H groups in total. The van der Waals surface area contributed by atoms with Crippen molar-refractivity contribution in [3.63, 3.8) is 0 Å². The summed E-state index contributed by atoms with van der Waals surface area (Å²) in [5, 5.41) is 9.89. The Labute approximate surface area is 233 Å². The number of unbranched alkanes of at least 4 members (excludes halogenated alkanes) is 1. The van der Waals surface area contributed by atoms with E-state index in [4.69, 9.17) is 19.9 Å². The standard InChI is InChI=1S/C25H39IN7O5/c1-5-6-15-38-24-29-21(27)20-22(30-24)33(25(35)28-20)17-18-8-10-19(11-9-18)37-16-7-12-32(14-13-31(2)3)26-23(34)36-4/h8-11,23,34H,5-7,12-17H2,1-4H3,(H,28,35)(H2,27,29,30)/q-1. The van der Waals surface area contributed by atoms with Crippen LogP contribution in [0.15, 0.2) is 29.1 Å². The Morgan fingerprint density at radius 2 is 1.84 bits per heavy atom. The first-order valence-corrected chi connectivity index (χ1v) is 14.9. The fourth-order valence-electron chi connectivity index (χ4n) is 3.53. The van der Waals surface area contributed by atoms with Crippen LogP contribution in [0, 0.1) is 0 Å². The molecule has 0 aliphatic rings.